The molecule has 1 aromatic rings. The molecule has 1 heterocycles. The van der Waals surface area contributed by atoms with Gasteiger partial charge in [0.15, 0.2) is 0 Å². The number of nitrogens with zero attached hydrogens (tertiary/aromatic N) is 2. The van der Waals surface area contributed by atoms with Crippen LogP contribution in [0, 0.1) is 0 Å². The molecule has 1 rings (SSSR count). The van der Waals surface area contributed by atoms with E-state index in [1.165, 1.54) is 0 Å². The quantitative estimate of drug-likeness (QED) is 0.818. The summed E-state index contributed by atoms with van der Waals surface area (Å²) in [5.41, 5.74) is 1.01. The van der Waals surface area contributed by atoms with Crippen LogP contribution in [0.4, 0.5) is 0 Å². The summed E-state index contributed by atoms with van der Waals surface area (Å²) in [7, 11) is 1.92. The molecule has 0 saturated heterocycles. The smallest absolute Gasteiger partial charge is 0.0835 e. The first-order chi connectivity index (χ1) is 8.15. The molecular formula is C12H22ClN3O. The van der Waals surface area contributed by atoms with Crippen LogP contribution in [0.2, 0.25) is 5.02 Å². The van der Waals surface area contributed by atoms with E-state index < -0.39 is 0 Å². The standard InChI is InChI=1S/C12H22ClN3O/c1-5-7-16-12(10(13)8-15-16)11(14-4)9(3)17-6-2/h8-9,11,14H,5-7H2,1-4H3. The normalized spacial score (nSPS) is 14.9. The van der Waals surface area contributed by atoms with Crippen molar-refractivity contribution in [1.29, 1.82) is 0 Å². The molecule has 2 atom stereocenters. The number of hydrogen-bond acceptors (Lipinski definition) is 3. The minimum absolute atomic E-state index is 0.0646. The molecule has 98 valence electrons. The van der Waals surface area contributed by atoms with Crippen molar-refractivity contribution in [3.8, 4) is 0 Å². The predicted molar refractivity (Wildman–Crippen MR) is 70.4 cm³/mol. The third kappa shape index (κ3) is 3.44. The number of halogens is 1. The van der Waals surface area contributed by atoms with Crippen molar-refractivity contribution in [1.82, 2.24) is 15.1 Å². The molecule has 5 heteroatoms. The summed E-state index contributed by atoms with van der Waals surface area (Å²) >= 11 is 6.22. The lowest BCUT2D eigenvalue weighted by Crippen LogP contribution is -2.32. The lowest BCUT2D eigenvalue weighted by Gasteiger charge is -2.24. The zero-order valence-corrected chi connectivity index (χ0v) is 11.8. The van der Waals surface area contributed by atoms with E-state index in [0.29, 0.717) is 11.6 Å². The number of hydrogen-bond donors (Lipinski definition) is 1. The fourth-order valence-electron chi connectivity index (χ4n) is 2.02. The van der Waals surface area contributed by atoms with Crippen molar-refractivity contribution in [2.75, 3.05) is 13.7 Å². The van der Waals surface area contributed by atoms with E-state index in [0.717, 1.165) is 18.7 Å². The van der Waals surface area contributed by atoms with Gasteiger partial charge in [0.1, 0.15) is 0 Å². The van der Waals surface area contributed by atoms with E-state index in [1.54, 1.807) is 6.20 Å². The predicted octanol–water partition coefficient (Wildman–Crippen LogP) is 2.63. The van der Waals surface area contributed by atoms with Crippen LogP contribution in [0.25, 0.3) is 0 Å². The van der Waals surface area contributed by atoms with E-state index in [-0.39, 0.29) is 12.1 Å². The molecule has 0 saturated carbocycles. The highest BCUT2D eigenvalue weighted by atomic mass is 35.5. The SMILES string of the molecule is CCCn1ncc(Cl)c1C(NC)C(C)OCC. The van der Waals surface area contributed by atoms with Gasteiger partial charge in [0.05, 0.1) is 29.1 Å². The van der Waals surface area contributed by atoms with E-state index >= 15 is 0 Å². The van der Waals surface area contributed by atoms with Crippen molar-refractivity contribution in [3.05, 3.63) is 16.9 Å². The second-order valence-corrected chi connectivity index (χ2v) is 4.43. The van der Waals surface area contributed by atoms with Gasteiger partial charge in [0.2, 0.25) is 0 Å². The van der Waals surface area contributed by atoms with Crippen LogP contribution in [0.3, 0.4) is 0 Å². The zero-order chi connectivity index (χ0) is 12.8. The van der Waals surface area contributed by atoms with Gasteiger partial charge < -0.3 is 10.1 Å². The average Bonchev–Trinajstić information content (AvgIpc) is 2.64. The van der Waals surface area contributed by atoms with E-state index in [2.05, 4.69) is 17.3 Å². The molecule has 1 aromatic heterocycles. The van der Waals surface area contributed by atoms with Gasteiger partial charge in [-0.05, 0) is 27.3 Å². The summed E-state index contributed by atoms with van der Waals surface area (Å²) in [4.78, 5) is 0. The van der Waals surface area contributed by atoms with Gasteiger partial charge in [0, 0.05) is 13.2 Å². The first-order valence-electron chi connectivity index (χ1n) is 6.15. The maximum atomic E-state index is 6.22. The van der Waals surface area contributed by atoms with E-state index in [1.807, 2.05) is 25.6 Å². The Bertz CT molecular complexity index is 340. The number of aromatic nitrogens is 2. The second kappa shape index (κ2) is 6.99. The number of ether oxygens (including phenoxy) is 1. The lowest BCUT2D eigenvalue weighted by molar-refractivity contribution is 0.0469. The molecule has 0 spiro atoms. The van der Waals surface area contributed by atoms with Gasteiger partial charge in [-0.25, -0.2) is 0 Å². The minimum atomic E-state index is 0.0646. The average molecular weight is 260 g/mol. The summed E-state index contributed by atoms with van der Waals surface area (Å²) in [6.45, 7) is 7.73. The third-order valence-corrected chi connectivity index (χ3v) is 3.06. The van der Waals surface area contributed by atoms with Crippen molar-refractivity contribution in [3.63, 3.8) is 0 Å². The molecule has 0 aromatic carbocycles. The first kappa shape index (κ1) is 14.5. The van der Waals surface area contributed by atoms with Crippen LogP contribution in [-0.4, -0.2) is 29.5 Å². The maximum Gasteiger partial charge on any atom is 0.0835 e. The second-order valence-electron chi connectivity index (χ2n) is 4.03. The number of aryl methyl sites for hydroxylation is 1. The number of likely N-dealkylation sites (N-methyl/N-ethyl adjacent to an activating group) is 1. The Morgan fingerprint density at radius 1 is 1.53 bits per heavy atom. The van der Waals surface area contributed by atoms with Gasteiger partial charge in [-0.3, -0.25) is 4.68 Å². The Kier molecular flexibility index (Phi) is 5.95. The largest absolute Gasteiger partial charge is 0.377 e. The molecule has 2 unspecified atom stereocenters. The van der Waals surface area contributed by atoms with Gasteiger partial charge in [-0.2, -0.15) is 5.10 Å². The summed E-state index contributed by atoms with van der Waals surface area (Å²) in [6.07, 6.45) is 2.80. The first-order valence-corrected chi connectivity index (χ1v) is 6.53. The summed E-state index contributed by atoms with van der Waals surface area (Å²) < 4.78 is 7.60. The van der Waals surface area contributed by atoms with Crippen molar-refractivity contribution in [2.45, 2.75) is 45.9 Å². The highest BCUT2D eigenvalue weighted by molar-refractivity contribution is 6.31. The van der Waals surface area contributed by atoms with Crippen LogP contribution >= 0.6 is 11.6 Å². The fraction of sp³-hybridized carbons (Fsp3) is 0.750. The van der Waals surface area contributed by atoms with E-state index in [4.69, 9.17) is 16.3 Å². The van der Waals surface area contributed by atoms with E-state index in [9.17, 15) is 0 Å². The Balaban J connectivity index is 2.97. The highest BCUT2D eigenvalue weighted by Crippen LogP contribution is 2.26. The molecule has 0 aliphatic rings. The monoisotopic (exact) mass is 259 g/mol. The lowest BCUT2D eigenvalue weighted by atomic mass is 10.1. The van der Waals surface area contributed by atoms with Gasteiger partial charge in [-0.15, -0.1) is 0 Å². The van der Waals surface area contributed by atoms with Crippen LogP contribution in [-0.2, 0) is 11.3 Å². The van der Waals surface area contributed by atoms with Crippen LogP contribution in [0.5, 0.6) is 0 Å². The Hall–Kier alpha value is -0.580. The molecular weight excluding hydrogens is 238 g/mol. The topological polar surface area (TPSA) is 39.1 Å². The molecule has 0 aliphatic heterocycles. The van der Waals surface area contributed by atoms with Gasteiger partial charge in [0.25, 0.3) is 0 Å². The molecule has 4 nitrogen and oxygen atoms in total. The van der Waals surface area contributed by atoms with Crippen LogP contribution in [0.1, 0.15) is 38.9 Å². The molecule has 1 N–H and O–H groups in total. The summed E-state index contributed by atoms with van der Waals surface area (Å²) in [6, 6.07) is 0.0662. The minimum Gasteiger partial charge on any atom is -0.377 e. The molecule has 0 bridgehead atoms. The highest BCUT2D eigenvalue weighted by Gasteiger charge is 2.24. The molecule has 17 heavy (non-hydrogen) atoms. The zero-order valence-electron chi connectivity index (χ0n) is 11.0. The van der Waals surface area contributed by atoms with Crippen molar-refractivity contribution >= 4 is 11.6 Å². The van der Waals surface area contributed by atoms with Gasteiger partial charge in [-0.1, -0.05) is 18.5 Å². The van der Waals surface area contributed by atoms with Crippen LogP contribution in [0.15, 0.2) is 6.20 Å². The third-order valence-electron chi connectivity index (χ3n) is 2.77. The number of rotatable bonds is 7. The van der Waals surface area contributed by atoms with Gasteiger partial charge >= 0.3 is 0 Å². The van der Waals surface area contributed by atoms with Crippen molar-refractivity contribution in [2.24, 2.45) is 0 Å². The molecule has 0 radical (unpaired) electrons. The molecule has 0 amide bonds. The molecule has 0 aliphatic carbocycles. The summed E-state index contributed by atoms with van der Waals surface area (Å²) in [5, 5.41) is 8.26. The maximum absolute atomic E-state index is 6.22. The Labute approximate surface area is 108 Å². The fourth-order valence-corrected chi connectivity index (χ4v) is 2.28. The summed E-state index contributed by atoms with van der Waals surface area (Å²) in [5.74, 6) is 0. The molecule has 0 fully saturated rings. The van der Waals surface area contributed by atoms with Crippen LogP contribution < -0.4 is 5.32 Å². The Morgan fingerprint density at radius 3 is 2.76 bits per heavy atom. The van der Waals surface area contributed by atoms with Crippen molar-refractivity contribution < 1.29 is 4.74 Å². The Morgan fingerprint density at radius 2 is 2.24 bits per heavy atom. The number of nitrogens with one attached hydrogen (secondary N) is 1.